The molecule has 0 saturated heterocycles. The molecule has 2 nitrogen and oxygen atoms in total. The predicted octanol–water partition coefficient (Wildman–Crippen LogP) is 6.06. The standard InChI is InChI=1S/C25H32O2S/c26-28(27,19-20-11-5-4-6-12-20)24-18-17-21-13-9-10-16-23(21)25(24)22-14-7-2-1-3-8-15-22/h4-6,9-13,16,22,24-25H,1-3,7-8,14-15,17-19H2/t24?,25-/m1/s1. The van der Waals surface area contributed by atoms with E-state index >= 15 is 0 Å². The van der Waals surface area contributed by atoms with Crippen molar-refractivity contribution in [2.45, 2.75) is 74.7 Å². The molecule has 28 heavy (non-hydrogen) atoms. The lowest BCUT2D eigenvalue weighted by atomic mass is 9.71. The van der Waals surface area contributed by atoms with E-state index in [9.17, 15) is 8.42 Å². The summed E-state index contributed by atoms with van der Waals surface area (Å²) < 4.78 is 27.1. The Morgan fingerprint density at radius 1 is 0.750 bits per heavy atom. The summed E-state index contributed by atoms with van der Waals surface area (Å²) in [6.45, 7) is 0. The minimum absolute atomic E-state index is 0.164. The van der Waals surface area contributed by atoms with Gasteiger partial charge in [-0.05, 0) is 48.3 Å². The second-order valence-corrected chi connectivity index (χ2v) is 10.9. The zero-order valence-corrected chi connectivity index (χ0v) is 17.5. The molecule has 1 unspecified atom stereocenters. The quantitative estimate of drug-likeness (QED) is 0.629. The second kappa shape index (κ2) is 8.82. The third kappa shape index (κ3) is 4.35. The van der Waals surface area contributed by atoms with Crippen LogP contribution in [0.25, 0.3) is 0 Å². The van der Waals surface area contributed by atoms with Crippen molar-refractivity contribution < 1.29 is 8.42 Å². The van der Waals surface area contributed by atoms with Gasteiger partial charge in [-0.1, -0.05) is 86.7 Å². The maximum absolute atomic E-state index is 13.6. The molecule has 0 aliphatic heterocycles. The van der Waals surface area contributed by atoms with Gasteiger partial charge in [0, 0.05) is 5.92 Å². The van der Waals surface area contributed by atoms with Crippen LogP contribution in [0.4, 0.5) is 0 Å². The van der Waals surface area contributed by atoms with Crippen molar-refractivity contribution in [3.8, 4) is 0 Å². The van der Waals surface area contributed by atoms with E-state index in [4.69, 9.17) is 0 Å². The van der Waals surface area contributed by atoms with E-state index in [0.717, 1.165) is 18.4 Å². The molecule has 4 rings (SSSR count). The van der Waals surface area contributed by atoms with Crippen LogP contribution in [0.2, 0.25) is 0 Å². The smallest absolute Gasteiger partial charge is 0.157 e. The van der Waals surface area contributed by atoms with Crippen molar-refractivity contribution in [1.82, 2.24) is 0 Å². The number of rotatable bonds is 4. The Balaban J connectivity index is 1.68. The molecule has 1 saturated carbocycles. The Morgan fingerprint density at radius 2 is 1.39 bits per heavy atom. The first kappa shape index (κ1) is 19.7. The Labute approximate surface area is 170 Å². The Bertz CT molecular complexity index is 864. The zero-order valence-electron chi connectivity index (χ0n) is 16.7. The average molecular weight is 397 g/mol. The fourth-order valence-corrected chi connectivity index (χ4v) is 7.65. The van der Waals surface area contributed by atoms with Crippen molar-refractivity contribution in [1.29, 1.82) is 0 Å². The zero-order chi connectivity index (χ0) is 19.4. The van der Waals surface area contributed by atoms with Crippen LogP contribution in [-0.2, 0) is 22.0 Å². The van der Waals surface area contributed by atoms with E-state index < -0.39 is 9.84 Å². The van der Waals surface area contributed by atoms with Crippen molar-refractivity contribution >= 4 is 9.84 Å². The number of fused-ring (bicyclic) bond motifs is 1. The van der Waals surface area contributed by atoms with Crippen LogP contribution in [0.15, 0.2) is 54.6 Å². The van der Waals surface area contributed by atoms with Gasteiger partial charge in [0.15, 0.2) is 9.84 Å². The molecule has 2 atom stereocenters. The van der Waals surface area contributed by atoms with E-state index in [-0.39, 0.29) is 16.9 Å². The molecular formula is C25H32O2S. The minimum atomic E-state index is -3.20. The molecule has 0 spiro atoms. The minimum Gasteiger partial charge on any atom is -0.228 e. The summed E-state index contributed by atoms with van der Waals surface area (Å²) in [5, 5.41) is -0.243. The van der Waals surface area contributed by atoms with Gasteiger partial charge < -0.3 is 0 Å². The normalized spacial score (nSPS) is 24.1. The van der Waals surface area contributed by atoms with E-state index in [1.807, 2.05) is 30.3 Å². The van der Waals surface area contributed by atoms with Gasteiger partial charge >= 0.3 is 0 Å². The SMILES string of the molecule is O=S(=O)(Cc1ccccc1)C1CCc2ccccc2[C@H]1C1CCCCCCC1. The van der Waals surface area contributed by atoms with Crippen molar-refractivity contribution in [3.63, 3.8) is 0 Å². The van der Waals surface area contributed by atoms with Crippen molar-refractivity contribution in [3.05, 3.63) is 71.3 Å². The number of aryl methyl sites for hydroxylation is 1. The van der Waals surface area contributed by atoms with Crippen LogP contribution in [0.1, 0.15) is 74.0 Å². The summed E-state index contributed by atoms with van der Waals surface area (Å²) in [4.78, 5) is 0. The summed E-state index contributed by atoms with van der Waals surface area (Å²) >= 11 is 0. The number of hydrogen-bond donors (Lipinski definition) is 0. The molecule has 0 bridgehead atoms. The van der Waals surface area contributed by atoms with Gasteiger partial charge in [0.1, 0.15) is 0 Å². The monoisotopic (exact) mass is 396 g/mol. The van der Waals surface area contributed by atoms with Crippen molar-refractivity contribution in [2.75, 3.05) is 0 Å². The van der Waals surface area contributed by atoms with Crippen LogP contribution < -0.4 is 0 Å². The molecule has 0 radical (unpaired) electrons. The Morgan fingerprint density at radius 3 is 2.14 bits per heavy atom. The molecule has 0 heterocycles. The molecule has 2 aromatic rings. The summed E-state index contributed by atoms with van der Waals surface area (Å²) in [7, 11) is -3.20. The van der Waals surface area contributed by atoms with Crippen LogP contribution in [-0.4, -0.2) is 13.7 Å². The maximum atomic E-state index is 13.6. The van der Waals surface area contributed by atoms with Gasteiger partial charge in [0.2, 0.25) is 0 Å². The third-order valence-corrected chi connectivity index (χ3v) is 9.03. The summed E-state index contributed by atoms with van der Waals surface area (Å²) in [6.07, 6.45) is 10.4. The summed E-state index contributed by atoms with van der Waals surface area (Å²) in [5.74, 6) is 0.832. The first-order valence-corrected chi connectivity index (χ1v) is 12.7. The van der Waals surface area contributed by atoms with E-state index in [1.165, 1.54) is 56.1 Å². The predicted molar refractivity (Wildman–Crippen MR) is 116 cm³/mol. The average Bonchev–Trinajstić information content (AvgIpc) is 2.68. The fraction of sp³-hybridized carbons (Fsp3) is 0.520. The molecule has 3 heteroatoms. The Kier molecular flexibility index (Phi) is 6.20. The third-order valence-electron chi connectivity index (χ3n) is 6.84. The van der Waals surface area contributed by atoms with Crippen LogP contribution >= 0.6 is 0 Å². The number of hydrogen-bond acceptors (Lipinski definition) is 2. The van der Waals surface area contributed by atoms with Gasteiger partial charge in [-0.3, -0.25) is 0 Å². The fourth-order valence-electron chi connectivity index (χ4n) is 5.49. The molecule has 1 fully saturated rings. The van der Waals surface area contributed by atoms with Crippen molar-refractivity contribution in [2.24, 2.45) is 5.92 Å². The number of benzene rings is 2. The molecule has 2 aromatic carbocycles. The summed E-state index contributed by atoms with van der Waals surface area (Å²) in [6, 6.07) is 18.3. The molecular weight excluding hydrogens is 364 g/mol. The first-order valence-electron chi connectivity index (χ1n) is 11.0. The molecule has 2 aliphatic carbocycles. The highest BCUT2D eigenvalue weighted by Crippen LogP contribution is 2.45. The first-order chi connectivity index (χ1) is 13.6. The van der Waals surface area contributed by atoms with Gasteiger partial charge in [-0.2, -0.15) is 0 Å². The Hall–Kier alpha value is -1.61. The van der Waals surface area contributed by atoms with Gasteiger partial charge in [-0.15, -0.1) is 0 Å². The second-order valence-electron chi connectivity index (χ2n) is 8.70. The topological polar surface area (TPSA) is 34.1 Å². The maximum Gasteiger partial charge on any atom is 0.157 e. The molecule has 0 N–H and O–H groups in total. The van der Waals surface area contributed by atoms with Gasteiger partial charge in [0.25, 0.3) is 0 Å². The molecule has 150 valence electrons. The van der Waals surface area contributed by atoms with E-state index in [0.29, 0.717) is 5.92 Å². The lowest BCUT2D eigenvalue weighted by Gasteiger charge is -2.39. The lowest BCUT2D eigenvalue weighted by Crippen LogP contribution is -2.38. The highest BCUT2D eigenvalue weighted by molar-refractivity contribution is 7.91. The number of sulfone groups is 1. The van der Waals surface area contributed by atoms with Crippen LogP contribution in [0.5, 0.6) is 0 Å². The molecule has 0 amide bonds. The van der Waals surface area contributed by atoms with E-state index in [2.05, 4.69) is 24.3 Å². The van der Waals surface area contributed by atoms with E-state index in [1.54, 1.807) is 0 Å². The summed E-state index contributed by atoms with van der Waals surface area (Å²) in [5.41, 5.74) is 3.61. The van der Waals surface area contributed by atoms with Gasteiger partial charge in [0.05, 0.1) is 11.0 Å². The van der Waals surface area contributed by atoms with Crippen LogP contribution in [0.3, 0.4) is 0 Å². The highest BCUT2D eigenvalue weighted by atomic mass is 32.2. The van der Waals surface area contributed by atoms with Gasteiger partial charge in [-0.25, -0.2) is 8.42 Å². The highest BCUT2D eigenvalue weighted by Gasteiger charge is 2.41. The lowest BCUT2D eigenvalue weighted by molar-refractivity contribution is 0.301. The largest absolute Gasteiger partial charge is 0.228 e. The van der Waals surface area contributed by atoms with Crippen LogP contribution in [0, 0.1) is 5.92 Å². The molecule has 2 aliphatic rings. The molecule has 0 aromatic heterocycles.